The van der Waals surface area contributed by atoms with E-state index in [0.29, 0.717) is 19.0 Å². The predicted molar refractivity (Wildman–Crippen MR) is 112 cm³/mol. The largest absolute Gasteiger partial charge is 0.374 e. The van der Waals surface area contributed by atoms with Gasteiger partial charge in [-0.1, -0.05) is 32.4 Å². The Balaban J connectivity index is 1.69. The van der Waals surface area contributed by atoms with Gasteiger partial charge in [-0.05, 0) is 55.5 Å². The molecule has 6 heteroatoms. The number of anilines is 1. The van der Waals surface area contributed by atoms with Crippen molar-refractivity contribution in [2.24, 2.45) is 5.92 Å². The van der Waals surface area contributed by atoms with Crippen LogP contribution in [0.4, 0.5) is 5.69 Å². The van der Waals surface area contributed by atoms with Gasteiger partial charge in [-0.3, -0.25) is 14.5 Å². The number of amides is 2. The van der Waals surface area contributed by atoms with E-state index >= 15 is 0 Å². The van der Waals surface area contributed by atoms with E-state index in [9.17, 15) is 9.59 Å². The SMILES string of the molecule is CC(C)CNC(=O)C(=O)NC[C@@H](c1ccc2c(c1)CCN2C)N1CCCCC1. The zero-order valence-electron chi connectivity index (χ0n) is 17.5. The standard InChI is InChI=1S/C22H34N4O2/c1-16(2)14-23-21(27)22(28)24-15-20(26-10-5-4-6-11-26)17-7-8-19-18(13-17)9-12-25(19)3/h7-8,13,16,20H,4-6,9-12,14-15H2,1-3H3,(H,23,27)(H,24,28)/t20-/m0/s1. The predicted octanol–water partition coefficient (Wildman–Crippen LogP) is 2.09. The summed E-state index contributed by atoms with van der Waals surface area (Å²) in [5.74, 6) is -0.757. The Morgan fingerprint density at radius 2 is 1.68 bits per heavy atom. The van der Waals surface area contributed by atoms with Crippen LogP contribution >= 0.6 is 0 Å². The van der Waals surface area contributed by atoms with Gasteiger partial charge in [-0.25, -0.2) is 0 Å². The minimum Gasteiger partial charge on any atom is -0.374 e. The molecule has 2 amide bonds. The van der Waals surface area contributed by atoms with E-state index in [4.69, 9.17) is 0 Å². The highest BCUT2D eigenvalue weighted by Crippen LogP contribution is 2.32. The maximum Gasteiger partial charge on any atom is 0.309 e. The fourth-order valence-electron chi connectivity index (χ4n) is 4.13. The summed E-state index contributed by atoms with van der Waals surface area (Å²) in [5, 5.41) is 5.57. The topological polar surface area (TPSA) is 64.7 Å². The lowest BCUT2D eigenvalue weighted by Gasteiger charge is -2.35. The third-order valence-electron chi connectivity index (χ3n) is 5.78. The van der Waals surface area contributed by atoms with Gasteiger partial charge in [0.05, 0.1) is 6.04 Å². The maximum absolute atomic E-state index is 12.3. The molecule has 1 fully saturated rings. The number of carbonyl (C=O) groups is 2. The Hall–Kier alpha value is -2.08. The molecule has 2 heterocycles. The first-order chi connectivity index (χ1) is 13.5. The fraction of sp³-hybridized carbons (Fsp3) is 0.636. The molecule has 3 rings (SSSR count). The molecular weight excluding hydrogens is 352 g/mol. The summed E-state index contributed by atoms with van der Waals surface area (Å²) in [5.41, 5.74) is 3.92. The van der Waals surface area contributed by atoms with Crippen molar-refractivity contribution < 1.29 is 9.59 Å². The average Bonchev–Trinajstić information content (AvgIpc) is 3.07. The lowest BCUT2D eigenvalue weighted by atomic mass is 9.98. The normalized spacial score (nSPS) is 18.1. The van der Waals surface area contributed by atoms with Gasteiger partial charge in [0.1, 0.15) is 0 Å². The van der Waals surface area contributed by atoms with Gasteiger partial charge in [0.15, 0.2) is 0 Å². The van der Waals surface area contributed by atoms with Crippen LogP contribution in [0.25, 0.3) is 0 Å². The summed E-state index contributed by atoms with van der Waals surface area (Å²) in [6, 6.07) is 6.79. The zero-order valence-corrected chi connectivity index (χ0v) is 17.5. The Morgan fingerprint density at radius 3 is 2.36 bits per heavy atom. The van der Waals surface area contributed by atoms with E-state index in [1.807, 2.05) is 13.8 Å². The number of likely N-dealkylation sites (tertiary alicyclic amines) is 1. The van der Waals surface area contributed by atoms with Crippen LogP contribution in [0, 0.1) is 5.92 Å². The summed E-state index contributed by atoms with van der Waals surface area (Å²) >= 11 is 0. The quantitative estimate of drug-likeness (QED) is 0.735. The third kappa shape index (κ3) is 5.04. The second-order valence-corrected chi connectivity index (χ2v) is 8.49. The van der Waals surface area contributed by atoms with Crippen molar-refractivity contribution in [2.45, 2.75) is 45.6 Å². The highest BCUT2D eigenvalue weighted by atomic mass is 16.2. The zero-order chi connectivity index (χ0) is 20.1. The van der Waals surface area contributed by atoms with E-state index < -0.39 is 11.8 Å². The Kier molecular flexibility index (Phi) is 6.94. The van der Waals surface area contributed by atoms with E-state index in [1.54, 1.807) is 0 Å². The van der Waals surface area contributed by atoms with E-state index in [2.05, 4.69) is 45.7 Å². The number of piperidine rings is 1. The highest BCUT2D eigenvalue weighted by Gasteiger charge is 2.26. The molecule has 1 saturated heterocycles. The van der Waals surface area contributed by atoms with Crippen molar-refractivity contribution in [2.75, 3.05) is 44.7 Å². The molecule has 2 aliphatic heterocycles. The molecule has 0 saturated carbocycles. The van der Waals surface area contributed by atoms with Crippen LogP contribution in [0.3, 0.4) is 0 Å². The molecule has 0 unspecified atom stereocenters. The van der Waals surface area contributed by atoms with Crippen LogP contribution in [0.1, 0.15) is 50.3 Å². The smallest absolute Gasteiger partial charge is 0.309 e. The number of likely N-dealkylation sites (N-methyl/N-ethyl adjacent to an activating group) is 1. The molecule has 0 spiro atoms. The maximum atomic E-state index is 12.3. The molecule has 2 N–H and O–H groups in total. The molecule has 0 aromatic heterocycles. The number of benzene rings is 1. The minimum absolute atomic E-state index is 0.110. The van der Waals surface area contributed by atoms with Crippen LogP contribution in [-0.2, 0) is 16.0 Å². The first-order valence-electron chi connectivity index (χ1n) is 10.6. The van der Waals surface area contributed by atoms with Gasteiger partial charge in [0, 0.05) is 32.4 Å². The number of hydrogen-bond acceptors (Lipinski definition) is 4. The molecule has 0 aliphatic carbocycles. The second kappa shape index (κ2) is 9.41. The van der Waals surface area contributed by atoms with E-state index in [-0.39, 0.29) is 6.04 Å². The lowest BCUT2D eigenvalue weighted by molar-refractivity contribution is -0.139. The summed E-state index contributed by atoms with van der Waals surface area (Å²) in [6.07, 6.45) is 4.71. The van der Waals surface area contributed by atoms with Crippen LogP contribution in [-0.4, -0.2) is 56.5 Å². The van der Waals surface area contributed by atoms with Gasteiger partial charge in [0.2, 0.25) is 0 Å². The van der Waals surface area contributed by atoms with Gasteiger partial charge < -0.3 is 15.5 Å². The molecule has 6 nitrogen and oxygen atoms in total. The molecule has 0 radical (unpaired) electrons. The summed E-state index contributed by atoms with van der Waals surface area (Å²) in [7, 11) is 2.13. The Morgan fingerprint density at radius 1 is 1.00 bits per heavy atom. The van der Waals surface area contributed by atoms with Crippen molar-refractivity contribution in [3.05, 3.63) is 29.3 Å². The number of nitrogens with one attached hydrogen (secondary N) is 2. The number of nitrogens with zero attached hydrogens (tertiary/aromatic N) is 2. The van der Waals surface area contributed by atoms with Crippen LogP contribution in [0.5, 0.6) is 0 Å². The summed E-state index contributed by atoms with van der Waals surface area (Å²) < 4.78 is 0. The van der Waals surface area contributed by atoms with Crippen LogP contribution in [0.15, 0.2) is 18.2 Å². The van der Waals surface area contributed by atoms with Gasteiger partial charge >= 0.3 is 11.8 Å². The van der Waals surface area contributed by atoms with Crippen molar-refractivity contribution in [3.8, 4) is 0 Å². The Labute approximate surface area is 168 Å². The first-order valence-corrected chi connectivity index (χ1v) is 10.6. The number of carbonyl (C=O) groups excluding carboxylic acids is 2. The number of rotatable bonds is 6. The average molecular weight is 387 g/mol. The van der Waals surface area contributed by atoms with Crippen molar-refractivity contribution in [1.29, 1.82) is 0 Å². The molecule has 2 aliphatic rings. The van der Waals surface area contributed by atoms with E-state index in [0.717, 1.165) is 26.1 Å². The van der Waals surface area contributed by atoms with Crippen molar-refractivity contribution in [3.63, 3.8) is 0 Å². The number of fused-ring (bicyclic) bond motifs is 1. The molecule has 154 valence electrons. The molecule has 0 bridgehead atoms. The van der Waals surface area contributed by atoms with Gasteiger partial charge in [-0.2, -0.15) is 0 Å². The summed E-state index contributed by atoms with van der Waals surface area (Å²) in [4.78, 5) is 29.0. The van der Waals surface area contributed by atoms with Crippen molar-refractivity contribution >= 4 is 17.5 Å². The van der Waals surface area contributed by atoms with E-state index in [1.165, 1.54) is 36.1 Å². The first kappa shape index (κ1) is 20.6. The van der Waals surface area contributed by atoms with Crippen molar-refractivity contribution in [1.82, 2.24) is 15.5 Å². The molecular formula is C22H34N4O2. The van der Waals surface area contributed by atoms with Crippen LogP contribution in [0.2, 0.25) is 0 Å². The molecule has 1 atom stereocenters. The highest BCUT2D eigenvalue weighted by molar-refractivity contribution is 6.35. The third-order valence-corrected chi connectivity index (χ3v) is 5.78. The van der Waals surface area contributed by atoms with Crippen LogP contribution < -0.4 is 15.5 Å². The summed E-state index contributed by atoms with van der Waals surface area (Å²) in [6.45, 7) is 8.13. The molecule has 28 heavy (non-hydrogen) atoms. The fourth-order valence-corrected chi connectivity index (χ4v) is 4.13. The minimum atomic E-state index is -0.540. The monoisotopic (exact) mass is 386 g/mol. The number of hydrogen-bond donors (Lipinski definition) is 2. The lowest BCUT2D eigenvalue weighted by Crippen LogP contribution is -2.45. The van der Waals surface area contributed by atoms with Gasteiger partial charge in [0.25, 0.3) is 0 Å². The van der Waals surface area contributed by atoms with Gasteiger partial charge in [-0.15, -0.1) is 0 Å². The molecule has 1 aromatic rings. The Bertz CT molecular complexity index is 698. The second-order valence-electron chi connectivity index (χ2n) is 8.49. The molecule has 1 aromatic carbocycles.